The molecule has 1 aliphatic heterocycles. The number of hydrogen-bond donors (Lipinski definition) is 3. The van der Waals surface area contributed by atoms with E-state index in [1.807, 2.05) is 39.0 Å². The SMILES string of the molecule is CN1CCN(c2ccccc2NC(=O)N[C@@H]2CCCC[C@H]2NC(=O)OC(C)(C)C)CC1. The van der Waals surface area contributed by atoms with Gasteiger partial charge in [0, 0.05) is 26.2 Å². The van der Waals surface area contributed by atoms with Crippen LogP contribution in [0.15, 0.2) is 24.3 Å². The lowest BCUT2D eigenvalue weighted by Gasteiger charge is -2.35. The third kappa shape index (κ3) is 7.02. The smallest absolute Gasteiger partial charge is 0.407 e. The number of nitrogens with zero attached hydrogens (tertiary/aromatic N) is 2. The molecular weight excluding hydrogens is 394 g/mol. The highest BCUT2D eigenvalue weighted by Gasteiger charge is 2.29. The Balaban J connectivity index is 1.60. The molecule has 3 N–H and O–H groups in total. The van der Waals surface area contributed by atoms with Crippen LogP contribution in [0.5, 0.6) is 0 Å². The molecule has 0 aromatic heterocycles. The van der Waals surface area contributed by atoms with Crippen LogP contribution in [-0.2, 0) is 4.74 Å². The Morgan fingerprint density at radius 1 is 0.968 bits per heavy atom. The van der Waals surface area contributed by atoms with E-state index in [1.54, 1.807) is 0 Å². The number of piperazine rings is 1. The first-order valence-corrected chi connectivity index (χ1v) is 11.3. The highest BCUT2D eigenvalue weighted by molar-refractivity contribution is 5.93. The predicted octanol–water partition coefficient (Wildman–Crippen LogP) is 3.40. The zero-order chi connectivity index (χ0) is 22.4. The second-order valence-electron chi connectivity index (χ2n) is 9.55. The van der Waals surface area contributed by atoms with Crippen LogP contribution >= 0.6 is 0 Å². The molecule has 1 aliphatic carbocycles. The van der Waals surface area contributed by atoms with E-state index in [9.17, 15) is 9.59 Å². The average Bonchev–Trinajstić information content (AvgIpc) is 2.69. The lowest BCUT2D eigenvalue weighted by molar-refractivity contribution is 0.0481. The minimum absolute atomic E-state index is 0.128. The summed E-state index contributed by atoms with van der Waals surface area (Å²) in [7, 11) is 2.13. The van der Waals surface area contributed by atoms with Gasteiger partial charge >= 0.3 is 12.1 Å². The van der Waals surface area contributed by atoms with Gasteiger partial charge in [-0.1, -0.05) is 25.0 Å². The predicted molar refractivity (Wildman–Crippen MR) is 124 cm³/mol. The van der Waals surface area contributed by atoms with Crippen molar-refractivity contribution in [3.63, 3.8) is 0 Å². The molecule has 3 amide bonds. The van der Waals surface area contributed by atoms with Gasteiger partial charge in [-0.2, -0.15) is 0 Å². The van der Waals surface area contributed by atoms with E-state index in [0.717, 1.165) is 63.2 Å². The van der Waals surface area contributed by atoms with Gasteiger partial charge in [-0.05, 0) is 52.8 Å². The summed E-state index contributed by atoms with van der Waals surface area (Å²) < 4.78 is 5.39. The number of likely N-dealkylation sites (N-methyl/N-ethyl adjacent to an activating group) is 1. The molecule has 8 nitrogen and oxygen atoms in total. The van der Waals surface area contributed by atoms with E-state index < -0.39 is 11.7 Å². The molecule has 2 atom stereocenters. The zero-order valence-electron chi connectivity index (χ0n) is 19.2. The van der Waals surface area contributed by atoms with Crippen molar-refractivity contribution in [1.82, 2.24) is 15.5 Å². The summed E-state index contributed by atoms with van der Waals surface area (Å²) in [5.41, 5.74) is 1.29. The Hall–Kier alpha value is -2.48. The molecule has 31 heavy (non-hydrogen) atoms. The number of carbonyl (C=O) groups is 2. The maximum absolute atomic E-state index is 12.8. The lowest BCUT2D eigenvalue weighted by atomic mass is 9.90. The second-order valence-corrected chi connectivity index (χ2v) is 9.55. The maximum Gasteiger partial charge on any atom is 0.407 e. The summed E-state index contributed by atoms with van der Waals surface area (Å²) in [5, 5.41) is 9.05. The molecule has 8 heteroatoms. The van der Waals surface area contributed by atoms with Gasteiger partial charge in [-0.15, -0.1) is 0 Å². The van der Waals surface area contributed by atoms with Gasteiger partial charge in [0.05, 0.1) is 23.5 Å². The minimum atomic E-state index is -0.550. The maximum atomic E-state index is 12.8. The van der Waals surface area contributed by atoms with Gasteiger partial charge in [0.1, 0.15) is 5.60 Å². The van der Waals surface area contributed by atoms with Crippen LogP contribution < -0.4 is 20.9 Å². The number of carbonyl (C=O) groups excluding carboxylic acids is 2. The Morgan fingerprint density at radius 2 is 1.58 bits per heavy atom. The largest absolute Gasteiger partial charge is 0.444 e. The van der Waals surface area contributed by atoms with Crippen molar-refractivity contribution in [1.29, 1.82) is 0 Å². The molecule has 1 saturated carbocycles. The Kier molecular flexibility index (Phi) is 7.64. The Morgan fingerprint density at radius 3 is 2.23 bits per heavy atom. The van der Waals surface area contributed by atoms with Crippen LogP contribution in [0.4, 0.5) is 21.0 Å². The summed E-state index contributed by atoms with van der Waals surface area (Å²) in [6.07, 6.45) is 3.25. The standard InChI is InChI=1S/C23H37N5O3/c1-23(2,3)31-22(30)26-18-10-6-5-9-17(18)24-21(29)25-19-11-7-8-12-20(19)28-15-13-27(4)14-16-28/h7-8,11-12,17-18H,5-6,9-10,13-16H2,1-4H3,(H,26,30)(H2,24,25,29)/t17-,18-/m1/s1. The summed E-state index contributed by atoms with van der Waals surface area (Å²) >= 11 is 0. The number of amides is 3. The topological polar surface area (TPSA) is 85.9 Å². The zero-order valence-corrected chi connectivity index (χ0v) is 19.2. The molecule has 1 aromatic carbocycles. The Bertz CT molecular complexity index is 756. The summed E-state index contributed by atoms with van der Waals surface area (Å²) in [4.78, 5) is 29.7. The third-order valence-electron chi connectivity index (χ3n) is 5.78. The molecular formula is C23H37N5O3. The lowest BCUT2D eigenvalue weighted by Crippen LogP contribution is -2.54. The number of anilines is 2. The van der Waals surface area contributed by atoms with Gasteiger partial charge in [0.2, 0.25) is 0 Å². The minimum Gasteiger partial charge on any atom is -0.444 e. The van der Waals surface area contributed by atoms with Gasteiger partial charge in [-0.25, -0.2) is 9.59 Å². The molecule has 1 saturated heterocycles. The van der Waals surface area contributed by atoms with Crippen molar-refractivity contribution in [3.05, 3.63) is 24.3 Å². The normalized spacial score (nSPS) is 22.5. The first kappa shape index (κ1) is 23.2. The number of benzene rings is 1. The van der Waals surface area contributed by atoms with Crippen molar-refractivity contribution in [2.24, 2.45) is 0 Å². The van der Waals surface area contributed by atoms with E-state index in [2.05, 4.69) is 38.9 Å². The molecule has 0 bridgehead atoms. The van der Waals surface area contributed by atoms with Crippen LogP contribution in [0.2, 0.25) is 0 Å². The average molecular weight is 432 g/mol. The van der Waals surface area contributed by atoms with Crippen LogP contribution in [0.3, 0.4) is 0 Å². The molecule has 2 aliphatic rings. The molecule has 3 rings (SSSR count). The number of hydrogen-bond acceptors (Lipinski definition) is 5. The van der Waals surface area contributed by atoms with Crippen molar-refractivity contribution in [2.45, 2.75) is 64.1 Å². The van der Waals surface area contributed by atoms with E-state index >= 15 is 0 Å². The summed E-state index contributed by atoms with van der Waals surface area (Å²) in [6.45, 7) is 9.39. The van der Waals surface area contributed by atoms with Gasteiger partial charge in [-0.3, -0.25) is 0 Å². The van der Waals surface area contributed by atoms with E-state index in [1.165, 1.54) is 0 Å². The van der Waals surface area contributed by atoms with E-state index in [4.69, 9.17) is 4.74 Å². The number of alkyl carbamates (subject to hydrolysis) is 1. The molecule has 0 radical (unpaired) electrons. The van der Waals surface area contributed by atoms with Crippen LogP contribution in [0.1, 0.15) is 46.5 Å². The molecule has 1 heterocycles. The van der Waals surface area contributed by atoms with E-state index in [-0.39, 0.29) is 18.1 Å². The van der Waals surface area contributed by atoms with Crippen LogP contribution in [-0.4, -0.2) is 67.9 Å². The molecule has 0 spiro atoms. The van der Waals surface area contributed by atoms with Crippen molar-refractivity contribution < 1.29 is 14.3 Å². The number of para-hydroxylation sites is 2. The van der Waals surface area contributed by atoms with Crippen molar-refractivity contribution >= 4 is 23.5 Å². The fourth-order valence-corrected chi connectivity index (χ4v) is 4.16. The van der Waals surface area contributed by atoms with Crippen molar-refractivity contribution in [3.8, 4) is 0 Å². The number of ether oxygens (including phenoxy) is 1. The first-order valence-electron chi connectivity index (χ1n) is 11.3. The van der Waals surface area contributed by atoms with Gasteiger partial charge in [0.15, 0.2) is 0 Å². The fourth-order valence-electron chi connectivity index (χ4n) is 4.16. The first-order chi connectivity index (χ1) is 14.7. The third-order valence-corrected chi connectivity index (χ3v) is 5.78. The summed E-state index contributed by atoms with van der Waals surface area (Å²) in [5.74, 6) is 0. The van der Waals surface area contributed by atoms with Crippen LogP contribution in [0, 0.1) is 0 Å². The molecule has 0 unspecified atom stereocenters. The van der Waals surface area contributed by atoms with E-state index in [0.29, 0.717) is 0 Å². The fraction of sp³-hybridized carbons (Fsp3) is 0.652. The number of rotatable bonds is 4. The quantitative estimate of drug-likeness (QED) is 0.680. The molecule has 1 aromatic rings. The Labute approximate surface area is 185 Å². The molecule has 172 valence electrons. The summed E-state index contributed by atoms with van der Waals surface area (Å²) in [6, 6.07) is 7.41. The number of urea groups is 1. The molecule has 2 fully saturated rings. The number of nitrogens with one attached hydrogen (secondary N) is 3. The highest BCUT2D eigenvalue weighted by atomic mass is 16.6. The van der Waals surface area contributed by atoms with Crippen molar-refractivity contribution in [2.75, 3.05) is 43.4 Å². The second kappa shape index (κ2) is 10.2. The van der Waals surface area contributed by atoms with Gasteiger partial charge in [0.25, 0.3) is 0 Å². The highest BCUT2D eigenvalue weighted by Crippen LogP contribution is 2.27. The monoisotopic (exact) mass is 431 g/mol. The van der Waals surface area contributed by atoms with Gasteiger partial charge < -0.3 is 30.5 Å². The van der Waals surface area contributed by atoms with Crippen LogP contribution in [0.25, 0.3) is 0 Å².